The second-order valence-corrected chi connectivity index (χ2v) is 2.71. The Balaban J connectivity index is 2.69. The van der Waals surface area contributed by atoms with Crippen molar-refractivity contribution >= 4 is 17.7 Å². The SMILES string of the molecule is CC(=O)/C=N/N(C)c1ccccc1. The second kappa shape index (κ2) is 4.40. The van der Waals surface area contributed by atoms with Crippen LogP contribution in [0.5, 0.6) is 0 Å². The maximum atomic E-state index is 10.6. The number of benzene rings is 1. The molecule has 0 saturated carbocycles. The molecule has 1 rings (SSSR count). The summed E-state index contributed by atoms with van der Waals surface area (Å²) in [5.74, 6) is -0.0530. The molecule has 0 radical (unpaired) electrons. The van der Waals surface area contributed by atoms with Crippen LogP contribution in [-0.2, 0) is 4.79 Å². The van der Waals surface area contributed by atoms with Gasteiger partial charge in [-0.1, -0.05) is 18.2 Å². The standard InChI is InChI=1S/C10H12N2O/c1-9(13)8-11-12(2)10-6-4-3-5-7-10/h3-8H,1-2H3/b11-8+. The molecule has 0 aliphatic heterocycles. The molecule has 0 atom stereocenters. The minimum atomic E-state index is -0.0530. The number of ketones is 1. The first-order chi connectivity index (χ1) is 6.20. The molecular weight excluding hydrogens is 164 g/mol. The summed E-state index contributed by atoms with van der Waals surface area (Å²) in [5, 5.41) is 5.61. The van der Waals surface area contributed by atoms with Gasteiger partial charge in [-0.15, -0.1) is 0 Å². The summed E-state index contributed by atoms with van der Waals surface area (Å²) in [5.41, 5.74) is 0.958. The Morgan fingerprint density at radius 2 is 2.00 bits per heavy atom. The Hall–Kier alpha value is -1.64. The van der Waals surface area contributed by atoms with Gasteiger partial charge in [-0.05, 0) is 12.1 Å². The van der Waals surface area contributed by atoms with Gasteiger partial charge in [0.05, 0.1) is 11.9 Å². The number of para-hydroxylation sites is 1. The Labute approximate surface area is 77.7 Å². The van der Waals surface area contributed by atoms with Crippen molar-refractivity contribution in [3.05, 3.63) is 30.3 Å². The van der Waals surface area contributed by atoms with E-state index in [1.165, 1.54) is 13.1 Å². The monoisotopic (exact) mass is 176 g/mol. The Bertz CT molecular complexity index is 306. The van der Waals surface area contributed by atoms with Crippen LogP contribution < -0.4 is 5.01 Å². The smallest absolute Gasteiger partial charge is 0.172 e. The summed E-state index contributed by atoms with van der Waals surface area (Å²) in [4.78, 5) is 10.6. The van der Waals surface area contributed by atoms with Gasteiger partial charge in [-0.25, -0.2) is 0 Å². The molecule has 1 aromatic rings. The van der Waals surface area contributed by atoms with E-state index in [2.05, 4.69) is 5.10 Å². The van der Waals surface area contributed by atoms with Gasteiger partial charge < -0.3 is 0 Å². The lowest BCUT2D eigenvalue weighted by atomic mass is 10.3. The fourth-order valence-corrected chi connectivity index (χ4v) is 0.878. The molecule has 0 amide bonds. The third kappa shape index (κ3) is 3.07. The molecule has 0 N–H and O–H groups in total. The van der Waals surface area contributed by atoms with Crippen LogP contribution in [0.4, 0.5) is 5.69 Å². The number of rotatable bonds is 3. The van der Waals surface area contributed by atoms with Gasteiger partial charge >= 0.3 is 0 Å². The van der Waals surface area contributed by atoms with Gasteiger partial charge in [0.25, 0.3) is 0 Å². The van der Waals surface area contributed by atoms with Crippen LogP contribution in [0.3, 0.4) is 0 Å². The zero-order valence-electron chi connectivity index (χ0n) is 7.77. The van der Waals surface area contributed by atoms with Crippen molar-refractivity contribution in [3.63, 3.8) is 0 Å². The van der Waals surface area contributed by atoms with E-state index in [-0.39, 0.29) is 5.78 Å². The van der Waals surface area contributed by atoms with Crippen LogP contribution in [0.2, 0.25) is 0 Å². The maximum absolute atomic E-state index is 10.6. The molecule has 1 aromatic carbocycles. The highest BCUT2D eigenvalue weighted by Crippen LogP contribution is 2.10. The van der Waals surface area contributed by atoms with Crippen LogP contribution in [0.15, 0.2) is 35.4 Å². The van der Waals surface area contributed by atoms with Crippen LogP contribution in [-0.4, -0.2) is 19.0 Å². The number of anilines is 1. The maximum Gasteiger partial charge on any atom is 0.172 e. The number of Topliss-reactive ketones (excluding diaryl/α,β-unsaturated/α-hetero) is 1. The summed E-state index contributed by atoms with van der Waals surface area (Å²) >= 11 is 0. The first-order valence-electron chi connectivity index (χ1n) is 4.03. The largest absolute Gasteiger partial charge is 0.293 e. The Morgan fingerprint density at radius 1 is 1.38 bits per heavy atom. The summed E-state index contributed by atoms with van der Waals surface area (Å²) in [6.45, 7) is 1.47. The molecule has 0 spiro atoms. The third-order valence-corrected chi connectivity index (χ3v) is 1.54. The molecule has 68 valence electrons. The number of hydrazone groups is 1. The number of nitrogens with zero attached hydrogens (tertiary/aromatic N) is 2. The van der Waals surface area contributed by atoms with Gasteiger partial charge in [0.1, 0.15) is 0 Å². The molecule has 0 saturated heterocycles. The van der Waals surface area contributed by atoms with Gasteiger partial charge in [-0.2, -0.15) is 5.10 Å². The van der Waals surface area contributed by atoms with Gasteiger partial charge in [-0.3, -0.25) is 9.80 Å². The zero-order valence-corrected chi connectivity index (χ0v) is 7.77. The predicted molar refractivity (Wildman–Crippen MR) is 54.0 cm³/mol. The van der Waals surface area contributed by atoms with Gasteiger partial charge in [0, 0.05) is 14.0 Å². The van der Waals surface area contributed by atoms with Crippen LogP contribution in [0, 0.1) is 0 Å². The molecule has 13 heavy (non-hydrogen) atoms. The van der Waals surface area contributed by atoms with Crippen LogP contribution in [0.25, 0.3) is 0 Å². The average Bonchev–Trinajstić information content (AvgIpc) is 2.15. The molecule has 0 bridgehead atoms. The first kappa shape index (κ1) is 9.45. The topological polar surface area (TPSA) is 32.7 Å². The minimum Gasteiger partial charge on any atom is -0.293 e. The lowest BCUT2D eigenvalue weighted by Crippen LogP contribution is -2.09. The lowest BCUT2D eigenvalue weighted by molar-refractivity contribution is -0.110. The fourth-order valence-electron chi connectivity index (χ4n) is 0.878. The van der Waals surface area contributed by atoms with Crippen LogP contribution in [0.1, 0.15) is 6.92 Å². The number of hydrogen-bond acceptors (Lipinski definition) is 3. The normalized spacial score (nSPS) is 10.3. The van der Waals surface area contributed by atoms with Crippen molar-refractivity contribution in [2.45, 2.75) is 6.92 Å². The summed E-state index contributed by atoms with van der Waals surface area (Å²) in [6.07, 6.45) is 1.30. The van der Waals surface area contributed by atoms with Crippen LogP contribution >= 0.6 is 0 Å². The highest BCUT2D eigenvalue weighted by atomic mass is 16.1. The number of carbonyl (C=O) groups is 1. The van der Waals surface area contributed by atoms with E-state index in [1.807, 2.05) is 30.3 Å². The zero-order chi connectivity index (χ0) is 9.68. The number of hydrogen-bond donors (Lipinski definition) is 0. The molecule has 0 fully saturated rings. The highest BCUT2D eigenvalue weighted by Gasteiger charge is 1.94. The highest BCUT2D eigenvalue weighted by molar-refractivity contribution is 6.26. The van der Waals surface area contributed by atoms with E-state index in [0.717, 1.165) is 5.69 Å². The number of carbonyl (C=O) groups excluding carboxylic acids is 1. The van der Waals surface area contributed by atoms with E-state index >= 15 is 0 Å². The van der Waals surface area contributed by atoms with Crippen molar-refractivity contribution < 1.29 is 4.79 Å². The predicted octanol–water partition coefficient (Wildman–Crippen LogP) is 1.70. The Morgan fingerprint density at radius 3 is 2.54 bits per heavy atom. The fraction of sp³-hybridized carbons (Fsp3) is 0.200. The van der Waals surface area contributed by atoms with Crippen molar-refractivity contribution in [1.29, 1.82) is 0 Å². The van der Waals surface area contributed by atoms with E-state index in [1.54, 1.807) is 12.1 Å². The summed E-state index contributed by atoms with van der Waals surface area (Å²) < 4.78 is 0. The minimum absolute atomic E-state index is 0.0530. The van der Waals surface area contributed by atoms with Gasteiger partial charge in [0.15, 0.2) is 5.78 Å². The second-order valence-electron chi connectivity index (χ2n) is 2.71. The molecule has 0 heterocycles. The summed E-state index contributed by atoms with van der Waals surface area (Å²) in [7, 11) is 1.80. The van der Waals surface area contributed by atoms with E-state index in [9.17, 15) is 4.79 Å². The van der Waals surface area contributed by atoms with E-state index in [0.29, 0.717) is 0 Å². The molecule has 3 nitrogen and oxygen atoms in total. The molecular formula is C10H12N2O. The van der Waals surface area contributed by atoms with Crippen molar-refractivity contribution in [2.75, 3.05) is 12.1 Å². The molecule has 0 aromatic heterocycles. The average molecular weight is 176 g/mol. The lowest BCUT2D eigenvalue weighted by Gasteiger charge is -2.11. The van der Waals surface area contributed by atoms with E-state index in [4.69, 9.17) is 0 Å². The molecule has 0 aliphatic carbocycles. The van der Waals surface area contributed by atoms with Crippen molar-refractivity contribution in [3.8, 4) is 0 Å². The Kier molecular flexibility index (Phi) is 3.20. The first-order valence-corrected chi connectivity index (χ1v) is 4.03. The van der Waals surface area contributed by atoms with E-state index < -0.39 is 0 Å². The molecule has 0 unspecified atom stereocenters. The van der Waals surface area contributed by atoms with Crippen molar-refractivity contribution in [2.24, 2.45) is 5.10 Å². The molecule has 3 heteroatoms. The molecule has 0 aliphatic rings. The summed E-state index contributed by atoms with van der Waals surface area (Å²) in [6, 6.07) is 9.64. The van der Waals surface area contributed by atoms with Crippen molar-refractivity contribution in [1.82, 2.24) is 0 Å². The quantitative estimate of drug-likeness (QED) is 0.518. The van der Waals surface area contributed by atoms with Gasteiger partial charge in [0.2, 0.25) is 0 Å². The third-order valence-electron chi connectivity index (χ3n) is 1.54.